The number of rotatable bonds is 4. The molecule has 0 aromatic heterocycles. The molecule has 3 amide bonds. The number of carboxylic acid groups (broad SMARTS) is 1. The molecule has 1 unspecified atom stereocenters. The van der Waals surface area contributed by atoms with Crippen molar-refractivity contribution in [1.29, 1.82) is 0 Å². The highest BCUT2D eigenvalue weighted by molar-refractivity contribution is 5.99. The zero-order valence-corrected chi connectivity index (χ0v) is 11.7. The minimum Gasteiger partial charge on any atom is -0.481 e. The Morgan fingerprint density at radius 2 is 2.05 bits per heavy atom. The summed E-state index contributed by atoms with van der Waals surface area (Å²) in [5.41, 5.74) is 6.30. The summed E-state index contributed by atoms with van der Waals surface area (Å²) in [7, 11) is 0. The van der Waals surface area contributed by atoms with Gasteiger partial charge in [-0.1, -0.05) is 18.2 Å². The van der Waals surface area contributed by atoms with Crippen LogP contribution in [0.1, 0.15) is 18.4 Å². The van der Waals surface area contributed by atoms with Crippen molar-refractivity contribution < 1.29 is 19.5 Å². The van der Waals surface area contributed by atoms with Crippen LogP contribution in [0.15, 0.2) is 24.3 Å². The van der Waals surface area contributed by atoms with Crippen LogP contribution in [0, 0.1) is 0 Å². The van der Waals surface area contributed by atoms with E-state index in [1.807, 2.05) is 0 Å². The number of primary amides is 1. The normalized spacial score (nSPS) is 16.4. The molecule has 1 atom stereocenters. The molecule has 0 aliphatic carbocycles. The summed E-state index contributed by atoms with van der Waals surface area (Å²) in [6, 6.07) is 6.48. The van der Waals surface area contributed by atoms with Gasteiger partial charge in [0.05, 0.1) is 0 Å². The van der Waals surface area contributed by atoms with Crippen molar-refractivity contribution in [3.8, 4) is 0 Å². The highest BCUT2D eigenvalue weighted by Gasteiger charge is 2.37. The van der Waals surface area contributed by atoms with E-state index in [1.54, 1.807) is 31.2 Å². The zero-order valence-electron chi connectivity index (χ0n) is 11.7. The van der Waals surface area contributed by atoms with E-state index in [2.05, 4.69) is 0 Å². The summed E-state index contributed by atoms with van der Waals surface area (Å²) < 4.78 is 0. The van der Waals surface area contributed by atoms with E-state index in [9.17, 15) is 19.5 Å². The summed E-state index contributed by atoms with van der Waals surface area (Å²) in [6.07, 6.45) is 0. The number of likely N-dealkylation sites (N-methyl/N-ethyl adjacent to an activating group) is 1. The van der Waals surface area contributed by atoms with Gasteiger partial charge in [-0.3, -0.25) is 14.5 Å². The van der Waals surface area contributed by atoms with Crippen LogP contribution < -0.4 is 10.6 Å². The molecule has 112 valence electrons. The third kappa shape index (κ3) is 2.81. The van der Waals surface area contributed by atoms with E-state index >= 15 is 0 Å². The average molecular weight is 291 g/mol. The Kier molecular flexibility index (Phi) is 4.11. The smallest absolute Gasteiger partial charge is 0.324 e. The molecular weight excluding hydrogens is 274 g/mol. The van der Waals surface area contributed by atoms with Crippen molar-refractivity contribution in [3.63, 3.8) is 0 Å². The molecule has 21 heavy (non-hydrogen) atoms. The Morgan fingerprint density at radius 1 is 1.38 bits per heavy atom. The van der Waals surface area contributed by atoms with E-state index in [4.69, 9.17) is 5.73 Å². The molecule has 7 heteroatoms. The van der Waals surface area contributed by atoms with Crippen LogP contribution in [0.5, 0.6) is 0 Å². The minimum absolute atomic E-state index is 0.0583. The van der Waals surface area contributed by atoms with Crippen molar-refractivity contribution in [1.82, 2.24) is 4.90 Å². The fourth-order valence-electron chi connectivity index (χ4n) is 2.47. The Balaban J connectivity index is 2.31. The predicted molar refractivity (Wildman–Crippen MR) is 76.0 cm³/mol. The predicted octanol–water partition coefficient (Wildman–Crippen LogP) is 0.602. The van der Waals surface area contributed by atoms with Gasteiger partial charge in [0.2, 0.25) is 5.91 Å². The van der Waals surface area contributed by atoms with Gasteiger partial charge < -0.3 is 15.7 Å². The number of urea groups is 1. The van der Waals surface area contributed by atoms with Crippen molar-refractivity contribution in [2.45, 2.75) is 12.8 Å². The molecule has 7 nitrogen and oxygen atoms in total. The van der Waals surface area contributed by atoms with E-state index in [0.29, 0.717) is 17.8 Å². The molecule has 3 N–H and O–H groups in total. The maximum atomic E-state index is 12.5. The van der Waals surface area contributed by atoms with Crippen LogP contribution in [0.4, 0.5) is 10.5 Å². The lowest BCUT2D eigenvalue weighted by Gasteiger charge is -2.26. The third-order valence-electron chi connectivity index (χ3n) is 3.50. The fourth-order valence-corrected chi connectivity index (χ4v) is 2.47. The van der Waals surface area contributed by atoms with Crippen LogP contribution >= 0.6 is 0 Å². The topological polar surface area (TPSA) is 104 Å². The Morgan fingerprint density at radius 3 is 2.62 bits per heavy atom. The van der Waals surface area contributed by atoms with Crippen LogP contribution in [-0.4, -0.2) is 47.5 Å². The number of hydrogen-bond acceptors (Lipinski definition) is 3. The number of nitrogens with zero attached hydrogens (tertiary/aromatic N) is 2. The van der Waals surface area contributed by atoms with Crippen molar-refractivity contribution in [2.75, 3.05) is 24.5 Å². The van der Waals surface area contributed by atoms with Crippen molar-refractivity contribution >= 4 is 23.6 Å². The molecular formula is C14H17N3O4. The molecule has 1 aliphatic heterocycles. The molecule has 2 rings (SSSR count). The summed E-state index contributed by atoms with van der Waals surface area (Å²) in [4.78, 5) is 37.5. The van der Waals surface area contributed by atoms with Gasteiger partial charge in [0.25, 0.3) is 0 Å². The highest BCUT2D eigenvalue weighted by Crippen LogP contribution is 2.36. The summed E-state index contributed by atoms with van der Waals surface area (Å²) in [5.74, 6) is -2.33. The van der Waals surface area contributed by atoms with E-state index in [0.717, 1.165) is 0 Å². The van der Waals surface area contributed by atoms with Gasteiger partial charge in [-0.25, -0.2) is 4.79 Å². The Hall–Kier alpha value is -2.57. The van der Waals surface area contributed by atoms with E-state index in [1.165, 1.54) is 9.80 Å². The summed E-state index contributed by atoms with van der Waals surface area (Å²) >= 11 is 0. The van der Waals surface area contributed by atoms with E-state index in [-0.39, 0.29) is 13.1 Å². The van der Waals surface area contributed by atoms with Crippen molar-refractivity contribution in [2.24, 2.45) is 5.73 Å². The molecule has 0 saturated heterocycles. The first kappa shape index (κ1) is 14.8. The van der Waals surface area contributed by atoms with Gasteiger partial charge in [0, 0.05) is 18.8 Å². The van der Waals surface area contributed by atoms with E-state index < -0.39 is 23.8 Å². The quantitative estimate of drug-likeness (QED) is 0.847. The first-order chi connectivity index (χ1) is 9.95. The number of amides is 3. The third-order valence-corrected chi connectivity index (χ3v) is 3.50. The largest absolute Gasteiger partial charge is 0.481 e. The number of nitrogens with two attached hydrogens (primary N) is 1. The number of anilines is 1. The number of fused-ring (bicyclic) bond motifs is 1. The average Bonchev–Trinajstić information content (AvgIpc) is 2.83. The molecule has 0 spiro atoms. The van der Waals surface area contributed by atoms with Gasteiger partial charge >= 0.3 is 12.0 Å². The Bertz CT molecular complexity index is 587. The minimum atomic E-state index is -0.976. The SMILES string of the molecule is CCN(CC(N)=O)C(=O)N1CC(C(=O)O)c2ccccc21. The van der Waals surface area contributed by atoms with Crippen LogP contribution in [-0.2, 0) is 9.59 Å². The molecule has 1 aromatic rings. The van der Waals surface area contributed by atoms with Crippen LogP contribution in [0.2, 0.25) is 0 Å². The zero-order chi connectivity index (χ0) is 15.6. The van der Waals surface area contributed by atoms with Crippen molar-refractivity contribution in [3.05, 3.63) is 29.8 Å². The summed E-state index contributed by atoms with van der Waals surface area (Å²) in [6.45, 7) is 1.92. The lowest BCUT2D eigenvalue weighted by atomic mass is 10.0. The molecule has 1 aromatic carbocycles. The van der Waals surface area contributed by atoms with Gasteiger partial charge in [0.1, 0.15) is 12.5 Å². The fraction of sp³-hybridized carbons (Fsp3) is 0.357. The summed E-state index contributed by atoms with van der Waals surface area (Å²) in [5, 5.41) is 9.28. The molecule has 0 radical (unpaired) electrons. The highest BCUT2D eigenvalue weighted by atomic mass is 16.4. The maximum Gasteiger partial charge on any atom is 0.324 e. The second-order valence-corrected chi connectivity index (χ2v) is 4.82. The molecule has 1 aliphatic rings. The second-order valence-electron chi connectivity index (χ2n) is 4.82. The maximum absolute atomic E-state index is 12.5. The molecule has 0 saturated carbocycles. The first-order valence-electron chi connectivity index (χ1n) is 6.62. The number of aliphatic carboxylic acids is 1. The monoisotopic (exact) mass is 291 g/mol. The van der Waals surface area contributed by atoms with Crippen LogP contribution in [0.3, 0.4) is 0 Å². The standard InChI is InChI=1S/C14H17N3O4/c1-2-16(8-12(15)18)14(21)17-7-10(13(19)20)9-5-3-4-6-11(9)17/h3-6,10H,2,7-8H2,1H3,(H2,15,18)(H,19,20). The first-order valence-corrected chi connectivity index (χ1v) is 6.62. The van der Waals surface area contributed by atoms with Gasteiger partial charge in [-0.15, -0.1) is 0 Å². The molecule has 0 fully saturated rings. The van der Waals surface area contributed by atoms with Gasteiger partial charge in [0.15, 0.2) is 0 Å². The Labute approximate surface area is 121 Å². The number of benzene rings is 1. The number of carbonyl (C=O) groups is 3. The van der Waals surface area contributed by atoms with Gasteiger partial charge in [-0.05, 0) is 18.6 Å². The number of carbonyl (C=O) groups excluding carboxylic acids is 2. The van der Waals surface area contributed by atoms with Crippen LogP contribution in [0.25, 0.3) is 0 Å². The molecule has 1 heterocycles. The number of hydrogen-bond donors (Lipinski definition) is 2. The number of carboxylic acids is 1. The number of para-hydroxylation sites is 1. The lowest BCUT2D eigenvalue weighted by Crippen LogP contribution is -2.46. The lowest BCUT2D eigenvalue weighted by molar-refractivity contribution is -0.138. The molecule has 0 bridgehead atoms. The van der Waals surface area contributed by atoms with Gasteiger partial charge in [-0.2, -0.15) is 0 Å². The second kappa shape index (κ2) is 5.82.